The van der Waals surface area contributed by atoms with Crippen LogP contribution in [0.25, 0.3) is 10.8 Å². The number of pyridine rings is 1. The molecule has 0 fully saturated rings. The molecule has 0 atom stereocenters. The summed E-state index contributed by atoms with van der Waals surface area (Å²) in [5.74, 6) is 0.597. The van der Waals surface area contributed by atoms with Crippen molar-refractivity contribution >= 4 is 32.5 Å². The molecule has 0 aliphatic rings. The first-order chi connectivity index (χ1) is 10.2. The van der Waals surface area contributed by atoms with Gasteiger partial charge in [0.05, 0.1) is 7.11 Å². The Labute approximate surface area is 130 Å². The fourth-order valence-electron chi connectivity index (χ4n) is 2.26. The normalized spacial score (nSPS) is 10.6. The van der Waals surface area contributed by atoms with Crippen LogP contribution >= 0.6 is 15.9 Å². The highest BCUT2D eigenvalue weighted by Crippen LogP contribution is 2.27. The maximum absolute atomic E-state index is 12.8. The Kier molecular flexibility index (Phi) is 3.71. The van der Waals surface area contributed by atoms with E-state index in [4.69, 9.17) is 4.74 Å². The fourth-order valence-corrected chi connectivity index (χ4v) is 2.69. The summed E-state index contributed by atoms with van der Waals surface area (Å²) in [6.07, 6.45) is 3.44. The first-order valence-corrected chi connectivity index (χ1v) is 7.21. The van der Waals surface area contributed by atoms with Gasteiger partial charge in [0.1, 0.15) is 5.75 Å². The zero-order valence-electron chi connectivity index (χ0n) is 11.3. The van der Waals surface area contributed by atoms with Gasteiger partial charge in [0, 0.05) is 33.4 Å². The summed E-state index contributed by atoms with van der Waals surface area (Å²) in [4.78, 5) is 17.0. The molecule has 1 heterocycles. The quantitative estimate of drug-likeness (QED) is 0.669. The molecule has 0 amide bonds. The molecule has 0 radical (unpaired) electrons. The lowest BCUT2D eigenvalue weighted by Gasteiger charge is -2.09. The predicted molar refractivity (Wildman–Crippen MR) is 85.9 cm³/mol. The summed E-state index contributed by atoms with van der Waals surface area (Å²) < 4.78 is 5.94. The van der Waals surface area contributed by atoms with E-state index in [1.807, 2.05) is 36.4 Å². The highest BCUT2D eigenvalue weighted by Gasteiger charge is 2.16. The first kappa shape index (κ1) is 13.8. The molecule has 0 bridgehead atoms. The SMILES string of the molecule is COc1ccc(Br)c(C(=O)c2cccc3ccncc23)c1. The number of methoxy groups -OCH3 is 1. The number of hydrogen-bond acceptors (Lipinski definition) is 3. The molecule has 0 spiro atoms. The van der Waals surface area contributed by atoms with Crippen molar-refractivity contribution < 1.29 is 9.53 Å². The number of fused-ring (bicyclic) bond motifs is 1. The Hall–Kier alpha value is -2.20. The highest BCUT2D eigenvalue weighted by molar-refractivity contribution is 9.10. The van der Waals surface area contributed by atoms with Crippen molar-refractivity contribution in [1.29, 1.82) is 0 Å². The van der Waals surface area contributed by atoms with Gasteiger partial charge in [-0.3, -0.25) is 9.78 Å². The molecule has 3 rings (SSSR count). The Morgan fingerprint density at radius 3 is 2.81 bits per heavy atom. The minimum atomic E-state index is -0.0561. The molecule has 3 aromatic rings. The zero-order valence-corrected chi connectivity index (χ0v) is 12.9. The lowest BCUT2D eigenvalue weighted by atomic mass is 9.98. The van der Waals surface area contributed by atoms with Gasteiger partial charge in [-0.25, -0.2) is 0 Å². The number of rotatable bonds is 3. The van der Waals surface area contributed by atoms with Gasteiger partial charge in [-0.1, -0.05) is 34.1 Å². The number of hydrogen-bond donors (Lipinski definition) is 0. The van der Waals surface area contributed by atoms with Crippen LogP contribution < -0.4 is 4.74 Å². The zero-order chi connectivity index (χ0) is 14.8. The third-order valence-electron chi connectivity index (χ3n) is 3.35. The topological polar surface area (TPSA) is 39.2 Å². The van der Waals surface area contributed by atoms with E-state index < -0.39 is 0 Å². The number of ether oxygens (including phenoxy) is 1. The lowest BCUT2D eigenvalue weighted by Crippen LogP contribution is -2.04. The standard InChI is InChI=1S/C17H12BrNO2/c1-21-12-5-6-16(18)14(9-12)17(20)13-4-2-3-11-7-8-19-10-15(11)13/h2-10H,1H3. The van der Waals surface area contributed by atoms with Crippen molar-refractivity contribution in [2.45, 2.75) is 0 Å². The van der Waals surface area contributed by atoms with E-state index in [1.165, 1.54) is 0 Å². The second-order valence-corrected chi connectivity index (χ2v) is 5.43. The molecular weight excluding hydrogens is 330 g/mol. The van der Waals surface area contributed by atoms with Gasteiger partial charge in [0.15, 0.2) is 5.78 Å². The van der Waals surface area contributed by atoms with E-state index in [2.05, 4.69) is 20.9 Å². The van der Waals surface area contributed by atoms with E-state index in [0.717, 1.165) is 15.2 Å². The van der Waals surface area contributed by atoms with Gasteiger partial charge in [-0.2, -0.15) is 0 Å². The predicted octanol–water partition coefficient (Wildman–Crippen LogP) is 4.24. The summed E-state index contributed by atoms with van der Waals surface area (Å²) in [5, 5.41) is 1.84. The number of benzene rings is 2. The number of halogens is 1. The minimum Gasteiger partial charge on any atom is -0.497 e. The van der Waals surface area contributed by atoms with Crippen molar-refractivity contribution in [2.24, 2.45) is 0 Å². The monoisotopic (exact) mass is 341 g/mol. The molecular formula is C17H12BrNO2. The smallest absolute Gasteiger partial charge is 0.194 e. The second kappa shape index (κ2) is 5.66. The molecule has 104 valence electrons. The van der Waals surface area contributed by atoms with Gasteiger partial charge in [-0.05, 0) is 29.7 Å². The average Bonchev–Trinajstić information content (AvgIpc) is 2.54. The Morgan fingerprint density at radius 2 is 2.00 bits per heavy atom. The third kappa shape index (κ3) is 2.54. The van der Waals surface area contributed by atoms with E-state index in [9.17, 15) is 4.79 Å². The average molecular weight is 342 g/mol. The van der Waals surface area contributed by atoms with Gasteiger partial charge in [0.25, 0.3) is 0 Å². The van der Waals surface area contributed by atoms with Gasteiger partial charge in [0.2, 0.25) is 0 Å². The molecule has 0 unspecified atom stereocenters. The molecule has 0 aliphatic heterocycles. The maximum atomic E-state index is 12.8. The van der Waals surface area contributed by atoms with Gasteiger partial charge in [-0.15, -0.1) is 0 Å². The van der Waals surface area contributed by atoms with Crippen LogP contribution in [0.4, 0.5) is 0 Å². The third-order valence-corrected chi connectivity index (χ3v) is 4.04. The fraction of sp³-hybridized carbons (Fsp3) is 0.0588. The highest BCUT2D eigenvalue weighted by atomic mass is 79.9. The Balaban J connectivity index is 2.17. The van der Waals surface area contributed by atoms with Crippen LogP contribution in [0.5, 0.6) is 5.75 Å². The largest absolute Gasteiger partial charge is 0.497 e. The molecule has 21 heavy (non-hydrogen) atoms. The summed E-state index contributed by atoms with van der Waals surface area (Å²) >= 11 is 3.43. The summed E-state index contributed by atoms with van der Waals surface area (Å²) in [6.45, 7) is 0. The van der Waals surface area contributed by atoms with Crippen LogP contribution in [0.15, 0.2) is 59.3 Å². The van der Waals surface area contributed by atoms with Crippen LogP contribution in [-0.2, 0) is 0 Å². The van der Waals surface area contributed by atoms with Crippen LogP contribution in [0.2, 0.25) is 0 Å². The molecule has 4 heteroatoms. The molecule has 0 saturated heterocycles. The number of carbonyl (C=O) groups is 1. The van der Waals surface area contributed by atoms with E-state index in [0.29, 0.717) is 16.9 Å². The first-order valence-electron chi connectivity index (χ1n) is 6.41. The molecule has 1 aromatic heterocycles. The Morgan fingerprint density at radius 1 is 1.14 bits per heavy atom. The molecule has 0 saturated carbocycles. The molecule has 3 nitrogen and oxygen atoms in total. The maximum Gasteiger partial charge on any atom is 0.194 e. The molecule has 2 aromatic carbocycles. The van der Waals surface area contributed by atoms with Crippen LogP contribution in [0, 0.1) is 0 Å². The van der Waals surface area contributed by atoms with Crippen LogP contribution in [-0.4, -0.2) is 17.9 Å². The van der Waals surface area contributed by atoms with Crippen molar-refractivity contribution in [3.8, 4) is 5.75 Å². The second-order valence-electron chi connectivity index (χ2n) is 4.58. The van der Waals surface area contributed by atoms with Gasteiger partial charge < -0.3 is 4.74 Å². The van der Waals surface area contributed by atoms with Crippen molar-refractivity contribution in [3.63, 3.8) is 0 Å². The number of aromatic nitrogens is 1. The van der Waals surface area contributed by atoms with Crippen molar-refractivity contribution in [1.82, 2.24) is 4.98 Å². The summed E-state index contributed by atoms with van der Waals surface area (Å²) in [5.41, 5.74) is 1.21. The van der Waals surface area contributed by atoms with Crippen LogP contribution in [0.1, 0.15) is 15.9 Å². The Bertz CT molecular complexity index is 825. The van der Waals surface area contributed by atoms with Crippen molar-refractivity contribution in [3.05, 3.63) is 70.5 Å². The summed E-state index contributed by atoms with van der Waals surface area (Å²) in [7, 11) is 1.58. The molecule has 0 aliphatic carbocycles. The lowest BCUT2D eigenvalue weighted by molar-refractivity contribution is 0.103. The number of ketones is 1. The number of carbonyl (C=O) groups excluding carboxylic acids is 1. The van der Waals surface area contributed by atoms with E-state index in [1.54, 1.807) is 25.6 Å². The van der Waals surface area contributed by atoms with Gasteiger partial charge >= 0.3 is 0 Å². The van der Waals surface area contributed by atoms with E-state index >= 15 is 0 Å². The minimum absolute atomic E-state index is 0.0561. The van der Waals surface area contributed by atoms with E-state index in [-0.39, 0.29) is 5.78 Å². The summed E-state index contributed by atoms with van der Waals surface area (Å²) in [6, 6.07) is 12.9. The number of nitrogens with zero attached hydrogens (tertiary/aromatic N) is 1. The van der Waals surface area contributed by atoms with Crippen molar-refractivity contribution in [2.75, 3.05) is 7.11 Å². The molecule has 0 N–H and O–H groups in total. The van der Waals surface area contributed by atoms with Crippen LogP contribution in [0.3, 0.4) is 0 Å².